The van der Waals surface area contributed by atoms with Crippen LogP contribution in [-0.2, 0) is 13.6 Å². The Kier molecular flexibility index (Phi) is 3.17. The fourth-order valence-corrected chi connectivity index (χ4v) is 3.34. The van der Waals surface area contributed by atoms with Crippen LogP contribution < -0.4 is 5.69 Å². The normalized spacial score (nSPS) is 11.1. The number of carbonyl (C=O) groups is 1. The summed E-state index contributed by atoms with van der Waals surface area (Å²) in [6, 6.07) is 9.23. The molecule has 6 heteroatoms. The van der Waals surface area contributed by atoms with Gasteiger partial charge in [0.15, 0.2) is 0 Å². The lowest BCUT2D eigenvalue weighted by atomic mass is 10.2. The molecule has 3 rings (SSSR count). The number of aromatic carboxylic acids is 1. The number of benzene rings is 1. The highest BCUT2D eigenvalue weighted by molar-refractivity contribution is 7.14. The molecular formula is C15H14N2O3S. The van der Waals surface area contributed by atoms with Crippen molar-refractivity contribution in [3.8, 4) is 0 Å². The van der Waals surface area contributed by atoms with Gasteiger partial charge in [0.2, 0.25) is 0 Å². The monoisotopic (exact) mass is 302 g/mol. The fourth-order valence-electron chi connectivity index (χ4n) is 2.47. The van der Waals surface area contributed by atoms with Crippen molar-refractivity contribution in [3.05, 3.63) is 56.1 Å². The van der Waals surface area contributed by atoms with E-state index in [1.165, 1.54) is 11.3 Å². The van der Waals surface area contributed by atoms with Gasteiger partial charge in [0.25, 0.3) is 0 Å². The molecule has 0 saturated heterocycles. The fraction of sp³-hybridized carbons (Fsp3) is 0.200. The standard InChI is InChI=1S/C15H14N2O3S/c1-9-10(7-13(21-9)14(18)19)8-17-12-6-4-3-5-11(12)16(2)15(17)20/h3-7H,8H2,1-2H3,(H,18,19). The Labute approximate surface area is 124 Å². The molecule has 0 fully saturated rings. The molecule has 0 unspecified atom stereocenters. The van der Waals surface area contributed by atoms with E-state index >= 15 is 0 Å². The molecule has 21 heavy (non-hydrogen) atoms. The van der Waals surface area contributed by atoms with Gasteiger partial charge in [-0.05, 0) is 30.7 Å². The van der Waals surface area contributed by atoms with Crippen LogP contribution in [0.25, 0.3) is 11.0 Å². The van der Waals surface area contributed by atoms with Gasteiger partial charge in [-0.25, -0.2) is 9.59 Å². The first-order chi connectivity index (χ1) is 9.99. The Morgan fingerprint density at radius 1 is 1.29 bits per heavy atom. The summed E-state index contributed by atoms with van der Waals surface area (Å²) in [5, 5.41) is 9.06. The minimum absolute atomic E-state index is 0.0984. The van der Waals surface area contributed by atoms with E-state index in [0.717, 1.165) is 21.5 Å². The first kappa shape index (κ1) is 13.6. The highest BCUT2D eigenvalue weighted by atomic mass is 32.1. The van der Waals surface area contributed by atoms with Gasteiger partial charge in [-0.15, -0.1) is 11.3 Å². The van der Waals surface area contributed by atoms with Gasteiger partial charge in [0.1, 0.15) is 4.88 Å². The Morgan fingerprint density at radius 3 is 2.57 bits per heavy atom. The number of aryl methyl sites for hydroxylation is 2. The molecule has 5 nitrogen and oxygen atoms in total. The van der Waals surface area contributed by atoms with Gasteiger partial charge in [-0.2, -0.15) is 0 Å². The van der Waals surface area contributed by atoms with E-state index in [4.69, 9.17) is 5.11 Å². The van der Waals surface area contributed by atoms with Crippen LogP contribution >= 0.6 is 11.3 Å². The molecule has 0 amide bonds. The zero-order valence-corrected chi connectivity index (χ0v) is 12.5. The number of carboxylic acid groups (broad SMARTS) is 1. The summed E-state index contributed by atoms with van der Waals surface area (Å²) in [4.78, 5) is 24.6. The number of carboxylic acids is 1. The zero-order chi connectivity index (χ0) is 15.1. The molecular weight excluding hydrogens is 288 g/mol. The van der Waals surface area contributed by atoms with Gasteiger partial charge in [-0.1, -0.05) is 12.1 Å². The number of fused-ring (bicyclic) bond motifs is 1. The molecule has 2 aromatic heterocycles. The largest absolute Gasteiger partial charge is 0.477 e. The third-order valence-electron chi connectivity index (χ3n) is 3.61. The number of nitrogens with zero attached hydrogens (tertiary/aromatic N) is 2. The lowest BCUT2D eigenvalue weighted by Gasteiger charge is -2.02. The third-order valence-corrected chi connectivity index (χ3v) is 4.69. The highest BCUT2D eigenvalue weighted by Gasteiger charge is 2.15. The lowest BCUT2D eigenvalue weighted by molar-refractivity contribution is 0.0702. The summed E-state index contributed by atoms with van der Waals surface area (Å²) >= 11 is 1.24. The molecule has 0 radical (unpaired) electrons. The van der Waals surface area contributed by atoms with Crippen molar-refractivity contribution >= 4 is 28.3 Å². The molecule has 0 aliphatic heterocycles. The third kappa shape index (κ3) is 2.17. The van der Waals surface area contributed by atoms with E-state index in [-0.39, 0.29) is 5.69 Å². The second-order valence-corrected chi connectivity index (χ2v) is 6.17. The van der Waals surface area contributed by atoms with E-state index in [1.807, 2.05) is 31.2 Å². The van der Waals surface area contributed by atoms with E-state index in [0.29, 0.717) is 11.4 Å². The SMILES string of the molecule is Cc1sc(C(=O)O)cc1Cn1c(=O)n(C)c2ccccc21. The van der Waals surface area contributed by atoms with E-state index < -0.39 is 5.97 Å². The van der Waals surface area contributed by atoms with Crippen LogP contribution in [-0.4, -0.2) is 20.2 Å². The molecule has 1 aromatic carbocycles. The van der Waals surface area contributed by atoms with Crippen LogP contribution in [0, 0.1) is 6.92 Å². The molecule has 0 spiro atoms. The van der Waals surface area contributed by atoms with Crippen molar-refractivity contribution in [3.63, 3.8) is 0 Å². The second-order valence-electron chi connectivity index (χ2n) is 4.91. The number of imidazole rings is 1. The van der Waals surface area contributed by atoms with Crippen molar-refractivity contribution in [2.24, 2.45) is 7.05 Å². The molecule has 0 aliphatic carbocycles. The number of thiophene rings is 1. The summed E-state index contributed by atoms with van der Waals surface area (Å²) in [5.74, 6) is -0.931. The predicted molar refractivity (Wildman–Crippen MR) is 82.3 cm³/mol. The molecule has 0 atom stereocenters. The maximum atomic E-state index is 12.4. The molecule has 0 saturated carbocycles. The molecule has 0 bridgehead atoms. The van der Waals surface area contributed by atoms with Crippen LogP contribution in [0.2, 0.25) is 0 Å². The van der Waals surface area contributed by atoms with Gasteiger partial charge in [-0.3, -0.25) is 9.13 Å². The molecule has 2 heterocycles. The Balaban J connectivity index is 2.13. The summed E-state index contributed by atoms with van der Waals surface area (Å²) < 4.78 is 3.28. The number of para-hydroxylation sites is 2. The van der Waals surface area contributed by atoms with E-state index in [9.17, 15) is 9.59 Å². The topological polar surface area (TPSA) is 64.2 Å². The Morgan fingerprint density at radius 2 is 1.95 bits per heavy atom. The van der Waals surface area contributed by atoms with Crippen LogP contribution in [0.15, 0.2) is 35.1 Å². The van der Waals surface area contributed by atoms with Crippen LogP contribution in [0.4, 0.5) is 0 Å². The lowest BCUT2D eigenvalue weighted by Crippen LogP contribution is -2.22. The zero-order valence-electron chi connectivity index (χ0n) is 11.7. The Hall–Kier alpha value is -2.34. The molecule has 1 N–H and O–H groups in total. The van der Waals surface area contributed by atoms with Gasteiger partial charge < -0.3 is 5.11 Å². The first-order valence-corrected chi connectivity index (χ1v) is 7.27. The maximum absolute atomic E-state index is 12.4. The van der Waals surface area contributed by atoms with E-state index in [1.54, 1.807) is 22.2 Å². The molecule has 3 aromatic rings. The number of aromatic nitrogens is 2. The van der Waals surface area contributed by atoms with Gasteiger partial charge >= 0.3 is 11.7 Å². The van der Waals surface area contributed by atoms with Crippen molar-refractivity contribution in [1.82, 2.24) is 9.13 Å². The van der Waals surface area contributed by atoms with Crippen molar-refractivity contribution in [1.29, 1.82) is 0 Å². The maximum Gasteiger partial charge on any atom is 0.345 e. The summed E-state index contributed by atoms with van der Waals surface area (Å²) in [6.45, 7) is 2.26. The molecule has 0 aliphatic rings. The summed E-state index contributed by atoms with van der Waals surface area (Å²) in [5.41, 5.74) is 2.50. The average molecular weight is 302 g/mol. The second kappa shape index (κ2) is 4.89. The van der Waals surface area contributed by atoms with E-state index in [2.05, 4.69) is 0 Å². The van der Waals surface area contributed by atoms with Crippen molar-refractivity contribution < 1.29 is 9.90 Å². The number of hydrogen-bond acceptors (Lipinski definition) is 3. The van der Waals surface area contributed by atoms with Gasteiger partial charge in [0, 0.05) is 11.9 Å². The van der Waals surface area contributed by atoms with Gasteiger partial charge in [0.05, 0.1) is 17.6 Å². The summed E-state index contributed by atoms with van der Waals surface area (Å²) in [6.07, 6.45) is 0. The average Bonchev–Trinajstić information content (AvgIpc) is 2.94. The quantitative estimate of drug-likeness (QED) is 0.808. The molecule has 108 valence electrons. The first-order valence-electron chi connectivity index (χ1n) is 6.46. The Bertz CT molecular complexity index is 901. The highest BCUT2D eigenvalue weighted by Crippen LogP contribution is 2.23. The van der Waals surface area contributed by atoms with Crippen LogP contribution in [0.1, 0.15) is 20.1 Å². The number of hydrogen-bond donors (Lipinski definition) is 1. The minimum Gasteiger partial charge on any atom is -0.477 e. The van der Waals surface area contributed by atoms with Crippen LogP contribution in [0.3, 0.4) is 0 Å². The van der Waals surface area contributed by atoms with Crippen molar-refractivity contribution in [2.75, 3.05) is 0 Å². The van der Waals surface area contributed by atoms with Crippen LogP contribution in [0.5, 0.6) is 0 Å². The minimum atomic E-state index is -0.931. The number of rotatable bonds is 3. The summed E-state index contributed by atoms with van der Waals surface area (Å²) in [7, 11) is 1.74. The predicted octanol–water partition coefficient (Wildman–Crippen LogP) is 2.46. The van der Waals surface area contributed by atoms with Crippen molar-refractivity contribution in [2.45, 2.75) is 13.5 Å². The smallest absolute Gasteiger partial charge is 0.345 e.